The number of anilines is 1. The van der Waals surface area contributed by atoms with Crippen LogP contribution in [-0.2, 0) is 0 Å². The summed E-state index contributed by atoms with van der Waals surface area (Å²) in [7, 11) is 0. The van der Waals surface area contributed by atoms with Gasteiger partial charge < -0.3 is 5.32 Å². The quantitative estimate of drug-likeness (QED) is 0.870. The van der Waals surface area contributed by atoms with Crippen LogP contribution in [0.3, 0.4) is 0 Å². The Morgan fingerprint density at radius 3 is 2.71 bits per heavy atom. The zero-order valence-corrected chi connectivity index (χ0v) is 9.46. The Bertz CT molecular complexity index is 531. The van der Waals surface area contributed by atoms with Gasteiger partial charge in [-0.25, -0.2) is 9.97 Å². The molecule has 1 atom stereocenters. The van der Waals surface area contributed by atoms with E-state index in [1.54, 1.807) is 12.3 Å². The van der Waals surface area contributed by atoms with Crippen molar-refractivity contribution < 1.29 is 0 Å². The molecule has 84 valence electrons. The van der Waals surface area contributed by atoms with E-state index in [0.29, 0.717) is 5.82 Å². The van der Waals surface area contributed by atoms with Gasteiger partial charge in [-0.3, -0.25) is 0 Å². The predicted molar refractivity (Wildman–Crippen MR) is 65.2 cm³/mol. The van der Waals surface area contributed by atoms with Gasteiger partial charge in [-0.15, -0.1) is 0 Å². The molecule has 1 N–H and O–H groups in total. The predicted octanol–water partition coefficient (Wildman–Crippen LogP) is 2.52. The van der Waals surface area contributed by atoms with E-state index in [1.165, 1.54) is 5.56 Å². The molecule has 2 rings (SSSR count). The van der Waals surface area contributed by atoms with Gasteiger partial charge in [-0.05, 0) is 18.6 Å². The van der Waals surface area contributed by atoms with Gasteiger partial charge in [0.1, 0.15) is 11.9 Å². The maximum Gasteiger partial charge on any atom is 0.234 e. The Kier molecular flexibility index (Phi) is 3.31. The molecule has 1 aromatic heterocycles. The summed E-state index contributed by atoms with van der Waals surface area (Å²) < 4.78 is 0. The highest BCUT2D eigenvalue weighted by Gasteiger charge is 2.05. The first-order valence-electron chi connectivity index (χ1n) is 5.34. The van der Waals surface area contributed by atoms with Crippen LogP contribution in [0.5, 0.6) is 0 Å². The molecule has 17 heavy (non-hydrogen) atoms. The van der Waals surface area contributed by atoms with Crippen molar-refractivity contribution in [3.05, 3.63) is 54.0 Å². The number of hydrogen-bond donors (Lipinski definition) is 1. The summed E-state index contributed by atoms with van der Waals surface area (Å²) in [4.78, 5) is 7.90. The third-order valence-electron chi connectivity index (χ3n) is 2.42. The highest BCUT2D eigenvalue weighted by molar-refractivity contribution is 5.38. The maximum absolute atomic E-state index is 8.71. The van der Waals surface area contributed by atoms with Crippen LogP contribution >= 0.6 is 0 Å². The van der Waals surface area contributed by atoms with Crippen molar-refractivity contribution in [1.29, 1.82) is 5.26 Å². The molecule has 0 spiro atoms. The van der Waals surface area contributed by atoms with Gasteiger partial charge in [0.15, 0.2) is 0 Å². The van der Waals surface area contributed by atoms with Crippen molar-refractivity contribution in [2.75, 3.05) is 5.32 Å². The van der Waals surface area contributed by atoms with Crippen molar-refractivity contribution >= 4 is 5.82 Å². The zero-order valence-electron chi connectivity index (χ0n) is 9.46. The number of aromatic nitrogens is 2. The summed E-state index contributed by atoms with van der Waals surface area (Å²) in [6, 6.07) is 13.9. The first kappa shape index (κ1) is 11.1. The largest absolute Gasteiger partial charge is 0.363 e. The summed E-state index contributed by atoms with van der Waals surface area (Å²) in [6.45, 7) is 2.05. The van der Waals surface area contributed by atoms with E-state index in [1.807, 2.05) is 43.3 Å². The fourth-order valence-electron chi connectivity index (χ4n) is 1.54. The number of nitrogens with zero attached hydrogens (tertiary/aromatic N) is 3. The van der Waals surface area contributed by atoms with E-state index < -0.39 is 0 Å². The lowest BCUT2D eigenvalue weighted by atomic mass is 10.1. The Morgan fingerprint density at radius 1 is 1.24 bits per heavy atom. The second-order valence-corrected chi connectivity index (χ2v) is 3.65. The van der Waals surface area contributed by atoms with Crippen LogP contribution in [0.4, 0.5) is 5.82 Å². The smallest absolute Gasteiger partial charge is 0.234 e. The van der Waals surface area contributed by atoms with Crippen molar-refractivity contribution in [3.63, 3.8) is 0 Å². The highest BCUT2D eigenvalue weighted by Crippen LogP contribution is 2.16. The van der Waals surface area contributed by atoms with Gasteiger partial charge in [-0.2, -0.15) is 5.26 Å². The van der Waals surface area contributed by atoms with Gasteiger partial charge in [0.2, 0.25) is 5.82 Å². The minimum Gasteiger partial charge on any atom is -0.363 e. The molecule has 0 aliphatic carbocycles. The first-order chi connectivity index (χ1) is 8.29. The number of hydrogen-bond acceptors (Lipinski definition) is 4. The second-order valence-electron chi connectivity index (χ2n) is 3.65. The molecule has 4 heteroatoms. The summed E-state index contributed by atoms with van der Waals surface area (Å²) in [5.74, 6) is 0.836. The van der Waals surface area contributed by atoms with E-state index in [2.05, 4.69) is 15.3 Å². The van der Waals surface area contributed by atoms with Crippen molar-refractivity contribution in [1.82, 2.24) is 9.97 Å². The zero-order chi connectivity index (χ0) is 12.1. The van der Waals surface area contributed by atoms with Crippen molar-refractivity contribution in [3.8, 4) is 6.07 Å². The van der Waals surface area contributed by atoms with Crippen LogP contribution in [-0.4, -0.2) is 9.97 Å². The van der Waals surface area contributed by atoms with Crippen molar-refractivity contribution in [2.24, 2.45) is 0 Å². The molecule has 2 aromatic rings. The average Bonchev–Trinajstić information content (AvgIpc) is 2.40. The summed E-state index contributed by atoms with van der Waals surface area (Å²) in [5.41, 5.74) is 1.17. The molecule has 0 aliphatic heterocycles. The van der Waals surface area contributed by atoms with Crippen LogP contribution in [0.2, 0.25) is 0 Å². The van der Waals surface area contributed by atoms with E-state index in [0.717, 1.165) is 0 Å². The molecule has 0 amide bonds. The van der Waals surface area contributed by atoms with E-state index >= 15 is 0 Å². The average molecular weight is 224 g/mol. The molecule has 0 fully saturated rings. The Labute approximate surface area is 100.0 Å². The SMILES string of the molecule is CC(Nc1ccnc(C#N)n1)c1ccccc1. The van der Waals surface area contributed by atoms with Crippen LogP contribution in [0.15, 0.2) is 42.6 Å². The van der Waals surface area contributed by atoms with Crippen LogP contribution in [0, 0.1) is 11.3 Å². The van der Waals surface area contributed by atoms with Crippen LogP contribution in [0.25, 0.3) is 0 Å². The molecule has 1 heterocycles. The van der Waals surface area contributed by atoms with Crippen molar-refractivity contribution in [2.45, 2.75) is 13.0 Å². The van der Waals surface area contributed by atoms with Gasteiger partial charge in [-0.1, -0.05) is 30.3 Å². The highest BCUT2D eigenvalue weighted by atomic mass is 15.0. The molecule has 0 bridgehead atoms. The van der Waals surface area contributed by atoms with E-state index in [4.69, 9.17) is 5.26 Å². The molecular weight excluding hydrogens is 212 g/mol. The van der Waals surface area contributed by atoms with E-state index in [-0.39, 0.29) is 11.9 Å². The van der Waals surface area contributed by atoms with Crippen LogP contribution < -0.4 is 5.32 Å². The fraction of sp³-hybridized carbons (Fsp3) is 0.154. The number of rotatable bonds is 3. The molecular formula is C13H12N4. The molecule has 0 saturated carbocycles. The molecule has 1 unspecified atom stereocenters. The molecule has 0 saturated heterocycles. The lowest BCUT2D eigenvalue weighted by molar-refractivity contribution is 0.870. The molecule has 0 aliphatic rings. The maximum atomic E-state index is 8.71. The van der Waals surface area contributed by atoms with E-state index in [9.17, 15) is 0 Å². The summed E-state index contributed by atoms with van der Waals surface area (Å²) in [5, 5.41) is 11.9. The summed E-state index contributed by atoms with van der Waals surface area (Å²) >= 11 is 0. The molecule has 0 radical (unpaired) electrons. The minimum absolute atomic E-state index is 0.137. The van der Waals surface area contributed by atoms with Gasteiger partial charge >= 0.3 is 0 Å². The second kappa shape index (κ2) is 5.08. The Hall–Kier alpha value is -2.41. The molecule has 4 nitrogen and oxygen atoms in total. The van der Waals surface area contributed by atoms with Crippen LogP contribution in [0.1, 0.15) is 24.4 Å². The number of nitrogens with one attached hydrogen (secondary N) is 1. The third-order valence-corrected chi connectivity index (χ3v) is 2.42. The standard InChI is InChI=1S/C13H12N4/c1-10(11-5-3-2-4-6-11)16-12-7-8-15-13(9-14)17-12/h2-8,10H,1H3,(H,15,16,17). The fourth-order valence-corrected chi connectivity index (χ4v) is 1.54. The van der Waals surface area contributed by atoms with Gasteiger partial charge in [0, 0.05) is 12.2 Å². The minimum atomic E-state index is 0.137. The Balaban J connectivity index is 2.13. The third kappa shape index (κ3) is 2.79. The lowest BCUT2D eigenvalue weighted by Gasteiger charge is -2.14. The number of nitriles is 1. The van der Waals surface area contributed by atoms with Gasteiger partial charge in [0.25, 0.3) is 0 Å². The summed E-state index contributed by atoms with van der Waals surface area (Å²) in [6.07, 6.45) is 1.58. The number of benzene rings is 1. The molecule has 1 aromatic carbocycles. The normalized spacial score (nSPS) is 11.5. The Morgan fingerprint density at radius 2 is 2.00 bits per heavy atom. The topological polar surface area (TPSA) is 61.6 Å². The monoisotopic (exact) mass is 224 g/mol. The van der Waals surface area contributed by atoms with Gasteiger partial charge in [0.05, 0.1) is 0 Å². The lowest BCUT2D eigenvalue weighted by Crippen LogP contribution is -2.08. The first-order valence-corrected chi connectivity index (χ1v) is 5.34.